The van der Waals surface area contributed by atoms with Crippen LogP contribution in [0.5, 0.6) is 0 Å². The highest BCUT2D eigenvalue weighted by atomic mass is 32.1. The van der Waals surface area contributed by atoms with Crippen molar-refractivity contribution in [2.75, 3.05) is 32.4 Å². The Morgan fingerprint density at radius 2 is 1.63 bits per heavy atom. The zero-order valence-electron chi connectivity index (χ0n) is 16.6. The molecular weight excluding hydrogens is 410 g/mol. The average Bonchev–Trinajstić information content (AvgIpc) is 2.75. The summed E-state index contributed by atoms with van der Waals surface area (Å²) in [5, 5.41) is 7.64. The topological polar surface area (TPSA) is 146 Å². The van der Waals surface area contributed by atoms with Gasteiger partial charge in [-0.25, -0.2) is 10.9 Å². The number of likely N-dealkylation sites (N-methyl/N-ethyl adjacent to an activating group) is 1. The third-order valence-corrected chi connectivity index (χ3v) is 4.38. The summed E-state index contributed by atoms with van der Waals surface area (Å²) in [5.41, 5.74) is 5.88. The number of ketones is 2. The highest BCUT2D eigenvalue weighted by molar-refractivity contribution is 7.80. The standard InChI is InChI=1S/C19H27N5O5S/c1-20-15(12-30)19(29)21-8-16(26)17(27)9-22-23-10-18(28)24-14(11-25)7-13-5-3-2-4-6-13/h2-6,11,14-15,20,22-23,30H,7-10,12H2,1H3,(H,21,29)(H,24,28)/t14-,15-/m0/s1. The fraction of sp³-hybridized carbons (Fsp3) is 0.421. The second-order valence-corrected chi connectivity index (χ2v) is 6.66. The molecule has 2 atom stereocenters. The number of rotatable bonds is 15. The molecule has 0 radical (unpaired) electrons. The Balaban J connectivity index is 2.25. The molecule has 0 spiro atoms. The molecule has 2 amide bonds. The molecule has 30 heavy (non-hydrogen) atoms. The van der Waals surface area contributed by atoms with E-state index in [0.717, 1.165) is 5.56 Å². The monoisotopic (exact) mass is 437 g/mol. The number of hydrogen-bond acceptors (Lipinski definition) is 9. The molecule has 0 saturated carbocycles. The van der Waals surface area contributed by atoms with Gasteiger partial charge in [0.2, 0.25) is 23.4 Å². The zero-order chi connectivity index (χ0) is 22.4. The Morgan fingerprint density at radius 1 is 1.00 bits per heavy atom. The first-order valence-electron chi connectivity index (χ1n) is 9.27. The van der Waals surface area contributed by atoms with Gasteiger partial charge in [0.1, 0.15) is 6.29 Å². The molecule has 0 saturated heterocycles. The van der Waals surface area contributed by atoms with E-state index in [9.17, 15) is 24.0 Å². The SMILES string of the molecule is CN[C@@H](CS)C(=O)NCC(=O)C(=O)CNNCC(=O)N[C@H](C=O)Cc1ccccc1. The highest BCUT2D eigenvalue weighted by Crippen LogP contribution is 2.01. The van der Waals surface area contributed by atoms with Crippen LogP contribution >= 0.6 is 12.6 Å². The summed E-state index contributed by atoms with van der Waals surface area (Å²) in [4.78, 5) is 58.3. The van der Waals surface area contributed by atoms with Crippen molar-refractivity contribution in [3.63, 3.8) is 0 Å². The van der Waals surface area contributed by atoms with Gasteiger partial charge in [0.15, 0.2) is 0 Å². The zero-order valence-corrected chi connectivity index (χ0v) is 17.5. The largest absolute Gasteiger partial charge is 0.347 e. The number of amides is 2. The summed E-state index contributed by atoms with van der Waals surface area (Å²) >= 11 is 4.00. The maximum Gasteiger partial charge on any atom is 0.238 e. The number of carbonyl (C=O) groups excluding carboxylic acids is 5. The normalized spacial score (nSPS) is 12.5. The van der Waals surface area contributed by atoms with Crippen molar-refractivity contribution in [1.29, 1.82) is 0 Å². The van der Waals surface area contributed by atoms with E-state index in [1.807, 2.05) is 30.3 Å². The molecule has 0 aliphatic heterocycles. The lowest BCUT2D eigenvalue weighted by Crippen LogP contribution is -2.49. The molecule has 11 heteroatoms. The van der Waals surface area contributed by atoms with Crippen molar-refractivity contribution in [3.05, 3.63) is 35.9 Å². The molecule has 0 aliphatic rings. The number of nitrogens with one attached hydrogen (secondary N) is 5. The molecule has 0 heterocycles. The molecule has 0 bridgehead atoms. The van der Waals surface area contributed by atoms with E-state index in [1.165, 1.54) is 0 Å². The van der Waals surface area contributed by atoms with Gasteiger partial charge in [0, 0.05) is 5.75 Å². The summed E-state index contributed by atoms with van der Waals surface area (Å²) in [7, 11) is 1.58. The van der Waals surface area contributed by atoms with E-state index in [-0.39, 0.29) is 18.8 Å². The van der Waals surface area contributed by atoms with Crippen LogP contribution in [-0.4, -0.2) is 74.2 Å². The minimum Gasteiger partial charge on any atom is -0.347 e. The van der Waals surface area contributed by atoms with E-state index in [2.05, 4.69) is 39.4 Å². The van der Waals surface area contributed by atoms with Crippen LogP contribution < -0.4 is 26.8 Å². The number of carbonyl (C=O) groups is 5. The summed E-state index contributed by atoms with van der Waals surface area (Å²) in [5.74, 6) is -2.18. The van der Waals surface area contributed by atoms with Gasteiger partial charge in [0.05, 0.1) is 31.7 Å². The first-order chi connectivity index (χ1) is 14.4. The number of hydrazine groups is 1. The van der Waals surface area contributed by atoms with Crippen LogP contribution in [0.2, 0.25) is 0 Å². The third kappa shape index (κ3) is 9.74. The smallest absolute Gasteiger partial charge is 0.238 e. The Bertz CT molecular complexity index is 727. The van der Waals surface area contributed by atoms with Crippen molar-refractivity contribution < 1.29 is 24.0 Å². The summed E-state index contributed by atoms with van der Waals surface area (Å²) < 4.78 is 0. The highest BCUT2D eigenvalue weighted by Gasteiger charge is 2.18. The molecule has 0 aliphatic carbocycles. The Hall–Kier alpha value is -2.60. The molecule has 0 unspecified atom stereocenters. The lowest BCUT2D eigenvalue weighted by atomic mass is 10.1. The Kier molecular flexibility index (Phi) is 12.2. The van der Waals surface area contributed by atoms with Gasteiger partial charge in [-0.05, 0) is 19.0 Å². The van der Waals surface area contributed by atoms with E-state index in [0.29, 0.717) is 12.7 Å². The van der Waals surface area contributed by atoms with Gasteiger partial charge in [-0.2, -0.15) is 12.6 Å². The van der Waals surface area contributed by atoms with E-state index >= 15 is 0 Å². The van der Waals surface area contributed by atoms with Gasteiger partial charge in [-0.3, -0.25) is 19.2 Å². The van der Waals surface area contributed by atoms with Crippen LogP contribution in [0.3, 0.4) is 0 Å². The lowest BCUT2D eigenvalue weighted by molar-refractivity contribution is -0.136. The molecule has 1 rings (SSSR count). The quantitative estimate of drug-likeness (QED) is 0.0595. The van der Waals surface area contributed by atoms with Crippen LogP contribution in [-0.2, 0) is 30.4 Å². The van der Waals surface area contributed by atoms with Crippen molar-refractivity contribution in [2.45, 2.75) is 18.5 Å². The van der Waals surface area contributed by atoms with E-state index < -0.39 is 42.0 Å². The maximum absolute atomic E-state index is 11.9. The molecule has 1 aromatic rings. The Morgan fingerprint density at radius 3 is 2.23 bits per heavy atom. The number of aldehydes is 1. The summed E-state index contributed by atoms with van der Waals surface area (Å²) in [6.45, 7) is -0.986. The predicted molar refractivity (Wildman–Crippen MR) is 114 cm³/mol. The molecule has 5 N–H and O–H groups in total. The van der Waals surface area contributed by atoms with Crippen molar-refractivity contribution in [1.82, 2.24) is 26.8 Å². The molecule has 0 fully saturated rings. The summed E-state index contributed by atoms with van der Waals surface area (Å²) in [6.07, 6.45) is 1.02. The van der Waals surface area contributed by atoms with Crippen LogP contribution in [0.15, 0.2) is 30.3 Å². The number of thiol groups is 1. The van der Waals surface area contributed by atoms with E-state index in [4.69, 9.17) is 0 Å². The van der Waals surface area contributed by atoms with Crippen LogP contribution in [0.4, 0.5) is 0 Å². The second kappa shape index (κ2) is 14.4. The molecule has 10 nitrogen and oxygen atoms in total. The lowest BCUT2D eigenvalue weighted by Gasteiger charge is -2.14. The first-order valence-corrected chi connectivity index (χ1v) is 9.90. The van der Waals surface area contributed by atoms with E-state index in [1.54, 1.807) is 7.05 Å². The molecule has 1 aromatic carbocycles. The minimum absolute atomic E-state index is 0.205. The fourth-order valence-corrected chi connectivity index (χ4v) is 2.69. The van der Waals surface area contributed by atoms with Crippen molar-refractivity contribution >= 4 is 42.3 Å². The van der Waals surface area contributed by atoms with Gasteiger partial charge in [-0.1, -0.05) is 30.3 Å². The van der Waals surface area contributed by atoms with Gasteiger partial charge in [0.25, 0.3) is 0 Å². The van der Waals surface area contributed by atoms with Crippen molar-refractivity contribution in [3.8, 4) is 0 Å². The number of hydrogen-bond donors (Lipinski definition) is 6. The van der Waals surface area contributed by atoms with Crippen LogP contribution in [0.25, 0.3) is 0 Å². The van der Waals surface area contributed by atoms with Crippen LogP contribution in [0.1, 0.15) is 5.56 Å². The minimum atomic E-state index is -0.778. The summed E-state index contributed by atoms with van der Waals surface area (Å²) in [6, 6.07) is 8.00. The fourth-order valence-electron chi connectivity index (χ4n) is 2.34. The number of benzene rings is 1. The third-order valence-electron chi connectivity index (χ3n) is 4.01. The average molecular weight is 438 g/mol. The Labute approximate surface area is 180 Å². The van der Waals surface area contributed by atoms with Crippen molar-refractivity contribution in [2.24, 2.45) is 0 Å². The van der Waals surface area contributed by atoms with Gasteiger partial charge >= 0.3 is 0 Å². The molecule has 164 valence electrons. The van der Waals surface area contributed by atoms with Gasteiger partial charge in [-0.15, -0.1) is 0 Å². The first kappa shape index (κ1) is 25.4. The predicted octanol–water partition coefficient (Wildman–Crippen LogP) is -2.22. The van der Waals surface area contributed by atoms with Gasteiger partial charge < -0.3 is 20.7 Å². The van der Waals surface area contributed by atoms with Crippen LogP contribution in [0, 0.1) is 0 Å². The number of Topliss-reactive ketones (excluding diaryl/α,β-unsaturated/α-hetero) is 2. The molecule has 0 aromatic heterocycles. The second-order valence-electron chi connectivity index (χ2n) is 6.29. The maximum atomic E-state index is 11.9. The molecular formula is C19H27N5O5S.